The van der Waals surface area contributed by atoms with Crippen molar-refractivity contribution in [1.82, 2.24) is 15.0 Å². The van der Waals surface area contributed by atoms with Crippen LogP contribution in [0.25, 0.3) is 11.0 Å². The summed E-state index contributed by atoms with van der Waals surface area (Å²) in [4.78, 5) is 26.6. The van der Waals surface area contributed by atoms with Crippen molar-refractivity contribution in [3.63, 3.8) is 0 Å². The summed E-state index contributed by atoms with van der Waals surface area (Å²) in [5.74, 6) is 0.642. The Balaban J connectivity index is 1.64. The van der Waals surface area contributed by atoms with E-state index in [1.165, 1.54) is 13.3 Å². The van der Waals surface area contributed by atoms with Gasteiger partial charge in [-0.2, -0.15) is 0 Å². The van der Waals surface area contributed by atoms with Crippen LogP contribution in [0.2, 0.25) is 0 Å². The molecule has 0 radical (unpaired) electrons. The van der Waals surface area contributed by atoms with Gasteiger partial charge in [-0.05, 0) is 67.9 Å². The molecular weight excluding hydrogens is 394 g/mol. The maximum atomic E-state index is 11.2. The first-order valence-electron chi connectivity index (χ1n) is 9.49. The topological polar surface area (TPSA) is 79.8 Å². The minimum atomic E-state index is -0.0813. The third-order valence-electron chi connectivity index (χ3n) is 4.43. The normalized spacial score (nSPS) is 10.8. The molecule has 7 heteroatoms. The van der Waals surface area contributed by atoms with Crippen molar-refractivity contribution >= 4 is 45.9 Å². The van der Waals surface area contributed by atoms with Crippen LogP contribution in [0.5, 0.6) is 0 Å². The lowest BCUT2D eigenvalue weighted by Crippen LogP contribution is -2.05. The molecule has 2 heterocycles. The van der Waals surface area contributed by atoms with Crippen molar-refractivity contribution in [2.24, 2.45) is 0 Å². The van der Waals surface area contributed by atoms with Crippen molar-refractivity contribution in [1.29, 1.82) is 0 Å². The van der Waals surface area contributed by atoms with Crippen LogP contribution in [0.4, 0.5) is 17.2 Å². The maximum absolute atomic E-state index is 11.2. The standard InChI is InChI=1S/C23H21N5OS/c1-14-4-11-21(30-18-8-6-17(7-9-18)27-16(3)29)20(12-14)28-23-19-10-5-15(2)26-22(19)24-13-25-23/h4-13H,1-3H3,(H,27,29)(H,24,25,26,28). The van der Waals surface area contributed by atoms with Gasteiger partial charge in [-0.1, -0.05) is 17.8 Å². The Bertz CT molecular complexity index is 1220. The number of benzene rings is 2. The number of pyridine rings is 1. The number of hydrogen-bond donors (Lipinski definition) is 2. The fourth-order valence-electron chi connectivity index (χ4n) is 3.03. The van der Waals surface area contributed by atoms with Gasteiger partial charge >= 0.3 is 0 Å². The number of carbonyl (C=O) groups is 1. The van der Waals surface area contributed by atoms with E-state index in [2.05, 4.69) is 50.7 Å². The molecular formula is C23H21N5OS. The minimum Gasteiger partial charge on any atom is -0.339 e. The van der Waals surface area contributed by atoms with Gasteiger partial charge in [0, 0.05) is 28.1 Å². The van der Waals surface area contributed by atoms with E-state index in [0.717, 1.165) is 43.6 Å². The fourth-order valence-corrected chi connectivity index (χ4v) is 3.91. The zero-order chi connectivity index (χ0) is 21.1. The third-order valence-corrected chi connectivity index (χ3v) is 5.51. The van der Waals surface area contributed by atoms with Gasteiger partial charge in [0.25, 0.3) is 0 Å². The van der Waals surface area contributed by atoms with Crippen LogP contribution in [0.15, 0.2) is 70.7 Å². The maximum Gasteiger partial charge on any atom is 0.221 e. The summed E-state index contributed by atoms with van der Waals surface area (Å²) in [5.41, 5.74) is 4.48. The number of aryl methyl sites for hydroxylation is 2. The summed E-state index contributed by atoms with van der Waals surface area (Å²) in [6.45, 7) is 5.51. The Hall–Kier alpha value is -3.45. The molecule has 2 N–H and O–H groups in total. The van der Waals surface area contributed by atoms with Crippen molar-refractivity contribution in [3.8, 4) is 0 Å². The Morgan fingerprint density at radius 1 is 0.967 bits per heavy atom. The van der Waals surface area contributed by atoms with Gasteiger partial charge in [-0.15, -0.1) is 0 Å². The van der Waals surface area contributed by atoms with Crippen LogP contribution in [0.3, 0.4) is 0 Å². The second kappa shape index (κ2) is 8.51. The van der Waals surface area contributed by atoms with Crippen LogP contribution in [-0.4, -0.2) is 20.9 Å². The number of amides is 1. The predicted octanol–water partition coefficient (Wildman–Crippen LogP) is 5.49. The lowest BCUT2D eigenvalue weighted by Gasteiger charge is -2.14. The number of hydrogen-bond acceptors (Lipinski definition) is 6. The average molecular weight is 416 g/mol. The highest BCUT2D eigenvalue weighted by Crippen LogP contribution is 2.36. The van der Waals surface area contributed by atoms with Crippen LogP contribution < -0.4 is 10.6 Å². The molecule has 0 saturated carbocycles. The molecule has 0 saturated heterocycles. The van der Waals surface area contributed by atoms with Gasteiger partial charge in [-0.25, -0.2) is 15.0 Å². The van der Waals surface area contributed by atoms with E-state index in [0.29, 0.717) is 5.65 Å². The van der Waals surface area contributed by atoms with Crippen molar-refractivity contribution in [3.05, 3.63) is 72.2 Å². The molecule has 0 fully saturated rings. The molecule has 150 valence electrons. The number of rotatable bonds is 5. The second-order valence-electron chi connectivity index (χ2n) is 6.98. The van der Waals surface area contributed by atoms with E-state index in [9.17, 15) is 4.79 Å². The van der Waals surface area contributed by atoms with E-state index in [1.54, 1.807) is 11.8 Å². The zero-order valence-electron chi connectivity index (χ0n) is 16.9. The summed E-state index contributed by atoms with van der Waals surface area (Å²) >= 11 is 1.64. The first kappa shape index (κ1) is 19.8. The highest BCUT2D eigenvalue weighted by Gasteiger charge is 2.10. The average Bonchev–Trinajstić information content (AvgIpc) is 2.71. The molecule has 2 aromatic carbocycles. The Kier molecular flexibility index (Phi) is 5.63. The van der Waals surface area contributed by atoms with Gasteiger partial charge in [0.2, 0.25) is 5.91 Å². The van der Waals surface area contributed by atoms with Crippen molar-refractivity contribution < 1.29 is 4.79 Å². The predicted molar refractivity (Wildman–Crippen MR) is 121 cm³/mol. The van der Waals surface area contributed by atoms with Gasteiger partial charge in [0.15, 0.2) is 5.65 Å². The summed E-state index contributed by atoms with van der Waals surface area (Å²) < 4.78 is 0. The molecule has 0 aliphatic heterocycles. The quantitative estimate of drug-likeness (QED) is 0.448. The number of anilines is 3. The van der Waals surface area contributed by atoms with Gasteiger partial charge in [0.05, 0.1) is 11.1 Å². The van der Waals surface area contributed by atoms with E-state index < -0.39 is 0 Å². The van der Waals surface area contributed by atoms with E-state index in [-0.39, 0.29) is 5.91 Å². The molecule has 0 spiro atoms. The summed E-state index contributed by atoms with van der Waals surface area (Å²) in [7, 11) is 0. The number of nitrogens with one attached hydrogen (secondary N) is 2. The van der Waals surface area contributed by atoms with Crippen LogP contribution in [0, 0.1) is 13.8 Å². The van der Waals surface area contributed by atoms with Crippen LogP contribution in [-0.2, 0) is 4.79 Å². The molecule has 0 atom stereocenters. The summed E-state index contributed by atoms with van der Waals surface area (Å²) in [6, 6.07) is 18.0. The number of nitrogens with zero attached hydrogens (tertiary/aromatic N) is 3. The summed E-state index contributed by atoms with van der Waals surface area (Å²) in [6.07, 6.45) is 1.53. The largest absolute Gasteiger partial charge is 0.339 e. The van der Waals surface area contributed by atoms with Crippen LogP contribution >= 0.6 is 11.8 Å². The van der Waals surface area contributed by atoms with Crippen LogP contribution in [0.1, 0.15) is 18.2 Å². The molecule has 30 heavy (non-hydrogen) atoms. The highest BCUT2D eigenvalue weighted by molar-refractivity contribution is 7.99. The van der Waals surface area contributed by atoms with Crippen molar-refractivity contribution in [2.45, 2.75) is 30.6 Å². The lowest BCUT2D eigenvalue weighted by molar-refractivity contribution is -0.114. The Labute approximate surface area is 179 Å². The lowest BCUT2D eigenvalue weighted by atomic mass is 10.2. The van der Waals surface area contributed by atoms with Crippen molar-refractivity contribution in [2.75, 3.05) is 10.6 Å². The van der Waals surface area contributed by atoms with Gasteiger partial charge < -0.3 is 10.6 Å². The molecule has 0 unspecified atom stereocenters. The summed E-state index contributed by atoms with van der Waals surface area (Å²) in [5, 5.41) is 7.13. The fraction of sp³-hybridized carbons (Fsp3) is 0.130. The Morgan fingerprint density at radius 2 is 1.77 bits per heavy atom. The molecule has 4 aromatic rings. The van der Waals surface area contributed by atoms with Gasteiger partial charge in [-0.3, -0.25) is 4.79 Å². The monoisotopic (exact) mass is 415 g/mol. The first-order valence-corrected chi connectivity index (χ1v) is 10.3. The third kappa shape index (κ3) is 4.58. The number of aromatic nitrogens is 3. The Morgan fingerprint density at radius 3 is 2.53 bits per heavy atom. The van der Waals surface area contributed by atoms with E-state index in [1.807, 2.05) is 43.3 Å². The molecule has 4 rings (SSSR count). The number of fused-ring (bicyclic) bond motifs is 1. The molecule has 0 bridgehead atoms. The minimum absolute atomic E-state index is 0.0813. The second-order valence-corrected chi connectivity index (χ2v) is 8.09. The molecule has 2 aromatic heterocycles. The highest BCUT2D eigenvalue weighted by atomic mass is 32.2. The first-order chi connectivity index (χ1) is 14.5. The molecule has 0 aliphatic carbocycles. The van der Waals surface area contributed by atoms with E-state index in [4.69, 9.17) is 0 Å². The molecule has 0 aliphatic rings. The zero-order valence-corrected chi connectivity index (χ0v) is 17.7. The smallest absolute Gasteiger partial charge is 0.221 e. The SMILES string of the molecule is CC(=O)Nc1ccc(Sc2ccc(C)cc2Nc2ncnc3nc(C)ccc23)cc1. The number of carbonyl (C=O) groups excluding carboxylic acids is 1. The molecule has 1 amide bonds. The molecule has 6 nitrogen and oxygen atoms in total. The van der Waals surface area contributed by atoms with E-state index >= 15 is 0 Å². The van der Waals surface area contributed by atoms with Gasteiger partial charge in [0.1, 0.15) is 12.1 Å².